The Morgan fingerprint density at radius 1 is 0.711 bits per heavy atom. The molecule has 2 atom stereocenters. The maximum atomic E-state index is 7.05. The number of allylic oxidation sites excluding steroid dienone is 3. The van der Waals surface area contributed by atoms with Crippen molar-refractivity contribution in [1.82, 2.24) is 0 Å². The van der Waals surface area contributed by atoms with Crippen molar-refractivity contribution in [2.75, 3.05) is 4.90 Å². The quantitative estimate of drug-likeness (QED) is 0.291. The summed E-state index contributed by atoms with van der Waals surface area (Å²) in [6.07, 6.45) is 10.7. The highest BCUT2D eigenvalue weighted by atomic mass is 15.2. The molecule has 1 aliphatic heterocycles. The Labute approximate surface area is 224 Å². The Kier molecular flexibility index (Phi) is 6.33. The zero-order valence-electron chi connectivity index (χ0n) is 21.1. The van der Waals surface area contributed by atoms with Crippen molar-refractivity contribution in [2.24, 2.45) is 10.7 Å². The average molecular weight is 492 g/mol. The minimum absolute atomic E-state index is 0.0235. The Morgan fingerprint density at radius 2 is 1.32 bits per heavy atom. The molecule has 6 rings (SSSR count). The average Bonchev–Trinajstić information content (AvgIpc) is 3.10. The Morgan fingerprint density at radius 3 is 2.08 bits per heavy atom. The molecule has 2 unspecified atom stereocenters. The molecule has 2 N–H and O–H groups in total. The summed E-state index contributed by atoms with van der Waals surface area (Å²) in [5, 5.41) is 0. The van der Waals surface area contributed by atoms with Crippen LogP contribution in [0.2, 0.25) is 0 Å². The number of benzene rings is 4. The monoisotopic (exact) mass is 491 g/mol. The largest absolute Gasteiger partial charge is 0.385 e. The number of nitrogens with two attached hydrogens (primary N) is 1. The number of hydrogen-bond donors (Lipinski definition) is 1. The minimum atomic E-state index is 0.0235. The normalized spacial score (nSPS) is 18.3. The molecule has 1 aliphatic carbocycles. The van der Waals surface area contributed by atoms with E-state index in [9.17, 15) is 0 Å². The Bertz CT molecular complexity index is 1590. The zero-order valence-corrected chi connectivity index (χ0v) is 21.1. The van der Waals surface area contributed by atoms with Crippen LogP contribution >= 0.6 is 0 Å². The van der Waals surface area contributed by atoms with Crippen molar-refractivity contribution >= 4 is 17.1 Å². The van der Waals surface area contributed by atoms with Crippen LogP contribution in [0.1, 0.15) is 22.6 Å². The third kappa shape index (κ3) is 4.39. The van der Waals surface area contributed by atoms with Crippen LogP contribution in [0, 0.1) is 0 Å². The molecule has 0 spiro atoms. The SMILES string of the molecule is C=C(/N=C(\C=C(/N)N1c2ccccc2-c2ccccc2C2C=CC=CC21)c1ccccc1)c1ccccc1. The molecular weight excluding hydrogens is 462 g/mol. The summed E-state index contributed by atoms with van der Waals surface area (Å²) in [7, 11) is 0. The van der Waals surface area contributed by atoms with Crippen LogP contribution in [0.5, 0.6) is 0 Å². The second kappa shape index (κ2) is 10.2. The van der Waals surface area contributed by atoms with Gasteiger partial charge in [-0.15, -0.1) is 0 Å². The summed E-state index contributed by atoms with van der Waals surface area (Å²) >= 11 is 0. The van der Waals surface area contributed by atoms with Gasteiger partial charge in [0.05, 0.1) is 23.1 Å². The van der Waals surface area contributed by atoms with Crippen molar-refractivity contribution in [1.29, 1.82) is 0 Å². The lowest BCUT2D eigenvalue weighted by atomic mass is 9.85. The van der Waals surface area contributed by atoms with Gasteiger partial charge in [-0.1, -0.05) is 134 Å². The number of fused-ring (bicyclic) bond motifs is 5. The second-order valence-corrected chi connectivity index (χ2v) is 9.51. The molecule has 0 bridgehead atoms. The minimum Gasteiger partial charge on any atom is -0.385 e. The fourth-order valence-electron chi connectivity index (χ4n) is 5.39. The molecule has 0 radical (unpaired) electrons. The lowest BCUT2D eigenvalue weighted by Crippen LogP contribution is -2.40. The summed E-state index contributed by atoms with van der Waals surface area (Å²) in [6.45, 7) is 4.26. The van der Waals surface area contributed by atoms with Crippen LogP contribution in [0.4, 0.5) is 5.69 Å². The van der Waals surface area contributed by atoms with Gasteiger partial charge in [-0.25, -0.2) is 4.99 Å². The van der Waals surface area contributed by atoms with Crippen LogP contribution < -0.4 is 10.6 Å². The van der Waals surface area contributed by atoms with Crippen LogP contribution in [-0.4, -0.2) is 11.8 Å². The van der Waals surface area contributed by atoms with E-state index in [-0.39, 0.29) is 12.0 Å². The number of anilines is 1. The molecule has 0 saturated carbocycles. The van der Waals surface area contributed by atoms with Crippen molar-refractivity contribution in [3.05, 3.63) is 169 Å². The number of rotatable bonds is 5. The highest BCUT2D eigenvalue weighted by Crippen LogP contribution is 2.45. The Hall–Kier alpha value is -4.89. The third-order valence-corrected chi connectivity index (χ3v) is 7.17. The van der Waals surface area contributed by atoms with Crippen LogP contribution in [0.25, 0.3) is 16.8 Å². The summed E-state index contributed by atoms with van der Waals surface area (Å²) < 4.78 is 0. The molecule has 0 amide bonds. The molecule has 0 aromatic heterocycles. The van der Waals surface area contributed by atoms with Gasteiger partial charge in [-0.2, -0.15) is 0 Å². The van der Waals surface area contributed by atoms with E-state index in [2.05, 4.69) is 96.4 Å². The molecule has 0 saturated heterocycles. The highest BCUT2D eigenvalue weighted by molar-refractivity contribution is 6.11. The topological polar surface area (TPSA) is 41.6 Å². The maximum absolute atomic E-state index is 7.05. The van der Waals surface area contributed by atoms with Gasteiger partial charge in [-0.05, 0) is 22.8 Å². The van der Waals surface area contributed by atoms with E-state index in [0.29, 0.717) is 11.5 Å². The fraction of sp³-hybridized carbons (Fsp3) is 0.0571. The first-order chi connectivity index (χ1) is 18.7. The van der Waals surface area contributed by atoms with Gasteiger partial charge >= 0.3 is 0 Å². The van der Waals surface area contributed by atoms with Gasteiger partial charge in [0.15, 0.2) is 0 Å². The van der Waals surface area contributed by atoms with E-state index < -0.39 is 0 Å². The van der Waals surface area contributed by atoms with E-state index in [0.717, 1.165) is 22.5 Å². The standard InChI is InChI=1S/C35H29N3/c1-25(26-14-4-2-5-15-26)37-32(27-16-6-3-7-17-27)24-35(36)38-33-22-12-10-20-30(33)28-18-8-9-19-29(28)31-21-11-13-23-34(31)38/h2-24,30,33H,1,36H2/b35-24+,37-32+. The van der Waals surface area contributed by atoms with Crippen LogP contribution in [0.3, 0.4) is 0 Å². The van der Waals surface area contributed by atoms with E-state index in [1.165, 1.54) is 16.7 Å². The lowest BCUT2D eigenvalue weighted by Gasteiger charge is -2.36. The van der Waals surface area contributed by atoms with Gasteiger partial charge in [0, 0.05) is 23.1 Å². The van der Waals surface area contributed by atoms with Gasteiger partial charge in [-0.3, -0.25) is 0 Å². The third-order valence-electron chi connectivity index (χ3n) is 7.17. The molecular formula is C35H29N3. The highest BCUT2D eigenvalue weighted by Gasteiger charge is 2.34. The number of para-hydroxylation sites is 1. The van der Waals surface area contributed by atoms with Gasteiger partial charge < -0.3 is 10.6 Å². The smallest absolute Gasteiger partial charge is 0.106 e. The molecule has 184 valence electrons. The van der Waals surface area contributed by atoms with Gasteiger partial charge in [0.1, 0.15) is 5.82 Å². The molecule has 0 fully saturated rings. The molecule has 1 heterocycles. The fourth-order valence-corrected chi connectivity index (χ4v) is 5.39. The van der Waals surface area contributed by atoms with Crippen molar-refractivity contribution in [3.8, 4) is 11.1 Å². The molecule has 4 aromatic rings. The molecule has 4 aromatic carbocycles. The van der Waals surface area contributed by atoms with E-state index in [1.54, 1.807) is 0 Å². The Balaban J connectivity index is 1.51. The second-order valence-electron chi connectivity index (χ2n) is 9.51. The van der Waals surface area contributed by atoms with Gasteiger partial charge in [0.25, 0.3) is 0 Å². The van der Waals surface area contributed by atoms with Gasteiger partial charge in [0.2, 0.25) is 0 Å². The first-order valence-electron chi connectivity index (χ1n) is 12.9. The predicted octanol–water partition coefficient (Wildman–Crippen LogP) is 7.71. The number of aliphatic imine (C=N–C) groups is 1. The zero-order chi connectivity index (χ0) is 25.9. The first-order valence-corrected chi connectivity index (χ1v) is 12.9. The molecule has 3 heteroatoms. The van der Waals surface area contributed by atoms with Crippen molar-refractivity contribution in [3.63, 3.8) is 0 Å². The summed E-state index contributed by atoms with van der Waals surface area (Å²) in [6, 6.07) is 37.4. The summed E-state index contributed by atoms with van der Waals surface area (Å²) in [5.41, 5.74) is 15.2. The lowest BCUT2D eigenvalue weighted by molar-refractivity contribution is 0.673. The number of nitrogens with zero attached hydrogens (tertiary/aromatic N) is 2. The van der Waals surface area contributed by atoms with Crippen molar-refractivity contribution < 1.29 is 0 Å². The van der Waals surface area contributed by atoms with Crippen LogP contribution in [0.15, 0.2) is 157 Å². The number of hydrogen-bond acceptors (Lipinski definition) is 3. The summed E-state index contributed by atoms with van der Waals surface area (Å²) in [5.74, 6) is 0.788. The van der Waals surface area contributed by atoms with E-state index in [1.807, 2.05) is 54.6 Å². The van der Waals surface area contributed by atoms with E-state index in [4.69, 9.17) is 10.7 Å². The van der Waals surface area contributed by atoms with Crippen molar-refractivity contribution in [2.45, 2.75) is 12.0 Å². The van der Waals surface area contributed by atoms with Crippen LogP contribution in [-0.2, 0) is 0 Å². The summed E-state index contributed by atoms with van der Waals surface area (Å²) in [4.78, 5) is 7.24. The molecule has 38 heavy (non-hydrogen) atoms. The first kappa shape index (κ1) is 23.5. The maximum Gasteiger partial charge on any atom is 0.106 e. The molecule has 2 aliphatic rings. The molecule has 3 nitrogen and oxygen atoms in total. The van der Waals surface area contributed by atoms with E-state index >= 15 is 0 Å². The predicted molar refractivity (Wildman–Crippen MR) is 160 cm³/mol.